The van der Waals surface area contributed by atoms with E-state index in [1.165, 1.54) is 11.1 Å². The zero-order valence-corrected chi connectivity index (χ0v) is 11.2. The molecule has 1 aromatic carbocycles. The smallest absolute Gasteiger partial charge is 0.303 e. The summed E-state index contributed by atoms with van der Waals surface area (Å²) in [7, 11) is 0. The molecule has 0 aromatic heterocycles. The van der Waals surface area contributed by atoms with Crippen molar-refractivity contribution in [1.82, 2.24) is 0 Å². The lowest BCUT2D eigenvalue weighted by atomic mass is 9.98. The number of rotatable bonds is 4. The monoisotopic (exact) mass is 261 g/mol. The molecular formula is C15H19NO3. The molecule has 0 bridgehead atoms. The summed E-state index contributed by atoms with van der Waals surface area (Å²) in [6, 6.07) is 6.19. The summed E-state index contributed by atoms with van der Waals surface area (Å²) in [6.45, 7) is 2.80. The lowest BCUT2D eigenvalue weighted by Crippen LogP contribution is -2.35. The Kier molecular flexibility index (Phi) is 4.20. The maximum Gasteiger partial charge on any atom is 0.303 e. The topological polar surface area (TPSA) is 57.6 Å². The minimum Gasteiger partial charge on any atom is -0.481 e. The number of fused-ring (bicyclic) bond motifs is 1. The predicted molar refractivity (Wildman–Crippen MR) is 73.4 cm³/mol. The molecule has 0 unspecified atom stereocenters. The summed E-state index contributed by atoms with van der Waals surface area (Å²) >= 11 is 0. The Bertz CT molecular complexity index is 496. The molecular weight excluding hydrogens is 242 g/mol. The van der Waals surface area contributed by atoms with Crippen molar-refractivity contribution in [3.05, 3.63) is 29.3 Å². The molecule has 1 aliphatic heterocycles. The first-order valence-electron chi connectivity index (χ1n) is 6.75. The van der Waals surface area contributed by atoms with Crippen LogP contribution in [0.2, 0.25) is 0 Å². The van der Waals surface area contributed by atoms with E-state index in [4.69, 9.17) is 5.11 Å². The van der Waals surface area contributed by atoms with Gasteiger partial charge in [0.2, 0.25) is 5.91 Å². The molecule has 1 amide bonds. The van der Waals surface area contributed by atoms with E-state index in [0.717, 1.165) is 24.9 Å². The van der Waals surface area contributed by atoms with Crippen LogP contribution in [0.4, 0.5) is 5.69 Å². The van der Waals surface area contributed by atoms with Gasteiger partial charge < -0.3 is 10.0 Å². The Labute approximate surface area is 113 Å². The molecule has 0 atom stereocenters. The number of carbonyl (C=O) groups is 2. The number of benzene rings is 1. The van der Waals surface area contributed by atoms with E-state index in [2.05, 4.69) is 13.0 Å². The van der Waals surface area contributed by atoms with Crippen molar-refractivity contribution in [2.45, 2.75) is 39.0 Å². The van der Waals surface area contributed by atoms with Crippen LogP contribution < -0.4 is 4.90 Å². The Morgan fingerprint density at radius 2 is 2.11 bits per heavy atom. The highest BCUT2D eigenvalue weighted by Crippen LogP contribution is 2.28. The Morgan fingerprint density at radius 3 is 2.79 bits per heavy atom. The molecule has 0 spiro atoms. The highest BCUT2D eigenvalue weighted by Gasteiger charge is 2.22. The lowest BCUT2D eigenvalue weighted by Gasteiger charge is -2.30. The standard InChI is InChI=1S/C15H19NO3/c1-2-11-5-6-13-12(10-11)4-3-9-16(13)14(17)7-8-15(18)19/h5-6,10H,2-4,7-9H2,1H3,(H,18,19). The fourth-order valence-corrected chi connectivity index (χ4v) is 2.48. The highest BCUT2D eigenvalue weighted by molar-refractivity contribution is 5.95. The summed E-state index contributed by atoms with van der Waals surface area (Å²) in [5.74, 6) is -1.01. The van der Waals surface area contributed by atoms with E-state index in [0.29, 0.717) is 6.54 Å². The van der Waals surface area contributed by atoms with Crippen LogP contribution >= 0.6 is 0 Å². The summed E-state index contributed by atoms with van der Waals surface area (Å²) in [6.07, 6.45) is 2.90. The molecule has 0 saturated heterocycles. The van der Waals surface area contributed by atoms with Gasteiger partial charge in [-0.1, -0.05) is 19.1 Å². The summed E-state index contributed by atoms with van der Waals surface area (Å²) in [4.78, 5) is 24.4. The molecule has 4 heteroatoms. The third-order valence-electron chi connectivity index (χ3n) is 3.52. The Hall–Kier alpha value is -1.84. The van der Waals surface area contributed by atoms with Gasteiger partial charge in [-0.15, -0.1) is 0 Å². The second-order valence-electron chi connectivity index (χ2n) is 4.86. The maximum atomic E-state index is 12.1. The van der Waals surface area contributed by atoms with Gasteiger partial charge in [0.05, 0.1) is 6.42 Å². The molecule has 2 rings (SSSR count). The number of hydrogen-bond donors (Lipinski definition) is 1. The van der Waals surface area contributed by atoms with Crippen molar-refractivity contribution in [2.24, 2.45) is 0 Å². The Morgan fingerprint density at radius 1 is 1.32 bits per heavy atom. The van der Waals surface area contributed by atoms with Gasteiger partial charge in [0.15, 0.2) is 0 Å². The van der Waals surface area contributed by atoms with Gasteiger partial charge in [-0.3, -0.25) is 9.59 Å². The Balaban J connectivity index is 2.17. The van der Waals surface area contributed by atoms with Gasteiger partial charge in [0, 0.05) is 18.7 Å². The SMILES string of the molecule is CCc1ccc2c(c1)CCCN2C(=O)CCC(=O)O. The first kappa shape index (κ1) is 13.6. The second kappa shape index (κ2) is 5.87. The fraction of sp³-hybridized carbons (Fsp3) is 0.467. The molecule has 19 heavy (non-hydrogen) atoms. The number of hydrogen-bond acceptors (Lipinski definition) is 2. The molecule has 1 heterocycles. The molecule has 0 fully saturated rings. The molecule has 0 aliphatic carbocycles. The average molecular weight is 261 g/mol. The van der Waals surface area contributed by atoms with E-state index in [-0.39, 0.29) is 18.7 Å². The van der Waals surface area contributed by atoms with Crippen molar-refractivity contribution in [1.29, 1.82) is 0 Å². The largest absolute Gasteiger partial charge is 0.481 e. The van der Waals surface area contributed by atoms with Crippen LogP contribution in [0.1, 0.15) is 37.3 Å². The maximum absolute atomic E-state index is 12.1. The average Bonchev–Trinajstić information content (AvgIpc) is 2.43. The third-order valence-corrected chi connectivity index (χ3v) is 3.52. The number of anilines is 1. The summed E-state index contributed by atoms with van der Waals surface area (Å²) in [5, 5.41) is 8.65. The quantitative estimate of drug-likeness (QED) is 0.905. The van der Waals surface area contributed by atoms with Crippen LogP contribution in [0.3, 0.4) is 0 Å². The number of nitrogens with zero attached hydrogens (tertiary/aromatic N) is 1. The van der Waals surface area contributed by atoms with Crippen molar-refractivity contribution in [3.8, 4) is 0 Å². The van der Waals surface area contributed by atoms with Gasteiger partial charge in [-0.25, -0.2) is 0 Å². The number of carboxylic acid groups (broad SMARTS) is 1. The molecule has 1 N–H and O–H groups in total. The minimum absolute atomic E-state index is 0.0737. The van der Waals surface area contributed by atoms with E-state index in [9.17, 15) is 9.59 Å². The van der Waals surface area contributed by atoms with Crippen molar-refractivity contribution in [3.63, 3.8) is 0 Å². The molecule has 102 valence electrons. The van der Waals surface area contributed by atoms with Crippen LogP contribution in [-0.2, 0) is 22.4 Å². The third kappa shape index (κ3) is 3.13. The van der Waals surface area contributed by atoms with Crippen LogP contribution in [-0.4, -0.2) is 23.5 Å². The van der Waals surface area contributed by atoms with E-state index < -0.39 is 5.97 Å². The fourth-order valence-electron chi connectivity index (χ4n) is 2.48. The minimum atomic E-state index is -0.924. The van der Waals surface area contributed by atoms with Gasteiger partial charge in [-0.05, 0) is 36.5 Å². The number of aliphatic carboxylic acids is 1. The highest BCUT2D eigenvalue weighted by atomic mass is 16.4. The number of carbonyl (C=O) groups excluding carboxylic acids is 1. The van der Waals surface area contributed by atoms with Gasteiger partial charge in [0.25, 0.3) is 0 Å². The molecule has 1 aromatic rings. The van der Waals surface area contributed by atoms with Gasteiger partial charge in [0.1, 0.15) is 0 Å². The van der Waals surface area contributed by atoms with E-state index in [1.807, 2.05) is 12.1 Å². The van der Waals surface area contributed by atoms with Crippen LogP contribution in [0.5, 0.6) is 0 Å². The number of amides is 1. The molecule has 0 radical (unpaired) electrons. The van der Waals surface area contributed by atoms with Crippen LogP contribution in [0.25, 0.3) is 0 Å². The van der Waals surface area contributed by atoms with Crippen molar-refractivity contribution in [2.75, 3.05) is 11.4 Å². The lowest BCUT2D eigenvalue weighted by molar-refractivity contribution is -0.138. The number of carboxylic acids is 1. The van der Waals surface area contributed by atoms with E-state index in [1.54, 1.807) is 4.90 Å². The second-order valence-corrected chi connectivity index (χ2v) is 4.86. The van der Waals surface area contributed by atoms with Gasteiger partial charge >= 0.3 is 5.97 Å². The first-order valence-corrected chi connectivity index (χ1v) is 6.75. The van der Waals surface area contributed by atoms with Crippen LogP contribution in [0, 0.1) is 0 Å². The summed E-state index contributed by atoms with van der Waals surface area (Å²) in [5.41, 5.74) is 3.44. The zero-order valence-electron chi connectivity index (χ0n) is 11.2. The molecule has 4 nitrogen and oxygen atoms in total. The first-order chi connectivity index (χ1) is 9.11. The van der Waals surface area contributed by atoms with E-state index >= 15 is 0 Å². The normalized spacial score (nSPS) is 14.1. The van der Waals surface area contributed by atoms with Gasteiger partial charge in [-0.2, -0.15) is 0 Å². The zero-order chi connectivity index (χ0) is 13.8. The summed E-state index contributed by atoms with van der Waals surface area (Å²) < 4.78 is 0. The van der Waals surface area contributed by atoms with Crippen molar-refractivity contribution < 1.29 is 14.7 Å². The molecule has 0 saturated carbocycles. The number of aryl methyl sites for hydroxylation is 2. The van der Waals surface area contributed by atoms with Crippen LogP contribution in [0.15, 0.2) is 18.2 Å². The molecule has 1 aliphatic rings. The van der Waals surface area contributed by atoms with Crippen molar-refractivity contribution >= 4 is 17.6 Å². The predicted octanol–water partition coefficient (Wildman–Crippen LogP) is 2.39.